The maximum absolute atomic E-state index is 12.7. The first kappa shape index (κ1) is 25.1. The lowest BCUT2D eigenvalue weighted by Gasteiger charge is -2.24. The molecule has 0 aliphatic heterocycles. The van der Waals surface area contributed by atoms with Gasteiger partial charge >= 0.3 is 5.97 Å². The third-order valence-corrected chi connectivity index (χ3v) is 5.77. The van der Waals surface area contributed by atoms with Crippen LogP contribution in [0.2, 0.25) is 0 Å². The molecule has 2 aromatic rings. The van der Waals surface area contributed by atoms with Crippen molar-refractivity contribution >= 4 is 12.0 Å². The molecule has 0 amide bonds. The minimum Gasteiger partial charge on any atom is -0.494 e. The number of allylic oxidation sites excluding steroid dienone is 3. The van der Waals surface area contributed by atoms with Crippen LogP contribution in [0.5, 0.6) is 5.75 Å². The number of hydrogen-bond acceptors (Lipinski definition) is 4. The standard InChI is InChI=1S/C30H33NO3/c1-2-3-4-5-6-10-23-33-28-17-15-27(16-18-28)29(32)34-30(24-31)21-19-26(20-22-30)14-13-25-11-8-7-9-12-25/h7-9,11-21H,2-6,10,22-23H2,1H3. The van der Waals surface area contributed by atoms with Crippen molar-refractivity contribution in [1.29, 1.82) is 5.26 Å². The van der Waals surface area contributed by atoms with E-state index in [9.17, 15) is 10.1 Å². The van der Waals surface area contributed by atoms with Crippen LogP contribution >= 0.6 is 0 Å². The van der Waals surface area contributed by atoms with E-state index in [0.717, 1.165) is 23.3 Å². The Morgan fingerprint density at radius 3 is 2.41 bits per heavy atom. The van der Waals surface area contributed by atoms with Gasteiger partial charge in [-0.2, -0.15) is 5.26 Å². The first-order chi connectivity index (χ1) is 16.6. The fraction of sp³-hybridized carbons (Fsp3) is 0.333. The molecule has 3 rings (SSSR count). The van der Waals surface area contributed by atoms with E-state index in [0.29, 0.717) is 18.6 Å². The smallest absolute Gasteiger partial charge is 0.339 e. The first-order valence-electron chi connectivity index (χ1n) is 12.1. The van der Waals surface area contributed by atoms with Crippen molar-refractivity contribution < 1.29 is 14.3 Å². The molecular weight excluding hydrogens is 422 g/mol. The number of benzene rings is 2. The second-order valence-electron chi connectivity index (χ2n) is 8.52. The summed E-state index contributed by atoms with van der Waals surface area (Å²) in [7, 11) is 0. The maximum atomic E-state index is 12.7. The topological polar surface area (TPSA) is 59.3 Å². The second kappa shape index (κ2) is 13.2. The minimum atomic E-state index is -1.30. The number of esters is 1. The van der Waals surface area contributed by atoms with Crippen molar-refractivity contribution in [1.82, 2.24) is 0 Å². The predicted octanol–water partition coefficient (Wildman–Crippen LogP) is 7.44. The highest BCUT2D eigenvalue weighted by Crippen LogP contribution is 2.27. The zero-order chi connectivity index (χ0) is 24.1. The monoisotopic (exact) mass is 455 g/mol. The Morgan fingerprint density at radius 2 is 1.74 bits per heavy atom. The number of nitrogens with zero attached hydrogens (tertiary/aromatic N) is 1. The summed E-state index contributed by atoms with van der Waals surface area (Å²) in [4.78, 5) is 12.7. The summed E-state index contributed by atoms with van der Waals surface area (Å²) >= 11 is 0. The van der Waals surface area contributed by atoms with E-state index in [-0.39, 0.29) is 0 Å². The number of unbranched alkanes of at least 4 members (excludes halogenated alkanes) is 5. The highest BCUT2D eigenvalue weighted by Gasteiger charge is 2.33. The van der Waals surface area contributed by atoms with Crippen molar-refractivity contribution in [3.63, 3.8) is 0 Å². The number of carbonyl (C=O) groups excluding carboxylic acids is 1. The van der Waals surface area contributed by atoms with Crippen LogP contribution in [-0.4, -0.2) is 18.2 Å². The van der Waals surface area contributed by atoms with Crippen molar-refractivity contribution in [3.8, 4) is 11.8 Å². The van der Waals surface area contributed by atoms with Crippen LogP contribution in [-0.2, 0) is 4.74 Å². The van der Waals surface area contributed by atoms with E-state index in [2.05, 4.69) is 13.0 Å². The Labute approximate surface area is 203 Å². The van der Waals surface area contributed by atoms with Crippen molar-refractivity contribution in [2.24, 2.45) is 0 Å². The van der Waals surface area contributed by atoms with Crippen LogP contribution in [0, 0.1) is 11.3 Å². The summed E-state index contributed by atoms with van der Waals surface area (Å²) in [5.41, 5.74) is 1.17. The van der Waals surface area contributed by atoms with Crippen LogP contribution in [0.25, 0.3) is 6.08 Å². The Bertz CT molecular complexity index is 1040. The number of carbonyl (C=O) groups is 1. The molecule has 1 atom stereocenters. The Balaban J connectivity index is 1.48. The molecule has 0 bridgehead atoms. The SMILES string of the molecule is CCCCCCCCOc1ccc(C(=O)OC2(C#N)C=CC(C=Cc3ccccc3)=CC2)cc1. The fourth-order valence-corrected chi connectivity index (χ4v) is 3.68. The van der Waals surface area contributed by atoms with Gasteiger partial charge in [-0.25, -0.2) is 4.79 Å². The predicted molar refractivity (Wildman–Crippen MR) is 136 cm³/mol. The molecule has 0 saturated heterocycles. The zero-order valence-electron chi connectivity index (χ0n) is 19.9. The summed E-state index contributed by atoms with van der Waals surface area (Å²) in [5, 5.41) is 9.72. The van der Waals surface area contributed by atoms with E-state index in [1.165, 1.54) is 32.1 Å². The molecule has 4 nitrogen and oxygen atoms in total. The molecule has 2 aromatic carbocycles. The number of ether oxygens (including phenoxy) is 2. The summed E-state index contributed by atoms with van der Waals surface area (Å²) in [6.45, 7) is 2.89. The van der Waals surface area contributed by atoms with Crippen LogP contribution in [0.1, 0.15) is 67.8 Å². The molecule has 0 aromatic heterocycles. The van der Waals surface area contributed by atoms with Gasteiger partial charge in [-0.15, -0.1) is 0 Å². The third-order valence-electron chi connectivity index (χ3n) is 5.77. The van der Waals surface area contributed by atoms with Gasteiger partial charge in [0, 0.05) is 6.42 Å². The van der Waals surface area contributed by atoms with Gasteiger partial charge in [-0.05, 0) is 47.9 Å². The van der Waals surface area contributed by atoms with Crippen molar-refractivity contribution in [3.05, 3.63) is 95.6 Å². The molecule has 1 unspecified atom stereocenters. The number of nitriles is 1. The number of hydrogen-bond donors (Lipinski definition) is 0. The summed E-state index contributed by atoms with van der Waals surface area (Å²) in [5.74, 6) is 0.209. The molecule has 0 heterocycles. The Hall–Kier alpha value is -3.58. The summed E-state index contributed by atoms with van der Waals surface area (Å²) in [6.07, 6.45) is 17.0. The van der Waals surface area contributed by atoms with Gasteiger partial charge < -0.3 is 9.47 Å². The largest absolute Gasteiger partial charge is 0.494 e. The van der Waals surface area contributed by atoms with E-state index in [1.807, 2.05) is 54.6 Å². The third kappa shape index (κ3) is 7.78. The molecule has 0 spiro atoms. The molecule has 34 heavy (non-hydrogen) atoms. The van der Waals surface area contributed by atoms with Crippen molar-refractivity contribution in [2.75, 3.05) is 6.61 Å². The molecule has 0 saturated carbocycles. The van der Waals surface area contributed by atoms with Crippen molar-refractivity contribution in [2.45, 2.75) is 57.5 Å². The van der Waals surface area contributed by atoms with Gasteiger partial charge in [0.05, 0.1) is 12.2 Å². The molecule has 4 heteroatoms. The van der Waals surface area contributed by atoms with E-state index in [4.69, 9.17) is 9.47 Å². The minimum absolute atomic E-state index is 0.305. The first-order valence-corrected chi connectivity index (χ1v) is 12.1. The molecule has 1 aliphatic rings. The average molecular weight is 456 g/mol. The van der Waals surface area contributed by atoms with Gasteiger partial charge in [-0.3, -0.25) is 0 Å². The Morgan fingerprint density at radius 1 is 1.00 bits per heavy atom. The van der Waals surface area contributed by atoms with Crippen LogP contribution in [0.4, 0.5) is 0 Å². The summed E-state index contributed by atoms with van der Waals surface area (Å²) in [6, 6.07) is 19.1. The van der Waals surface area contributed by atoms with Gasteiger partial charge in [0.2, 0.25) is 5.60 Å². The van der Waals surface area contributed by atoms with Gasteiger partial charge in [0.25, 0.3) is 0 Å². The lowest BCUT2D eigenvalue weighted by molar-refractivity contribution is 0.0232. The molecule has 0 fully saturated rings. The highest BCUT2D eigenvalue weighted by molar-refractivity contribution is 5.90. The Kier molecular flexibility index (Phi) is 9.73. The van der Waals surface area contributed by atoms with E-state index >= 15 is 0 Å². The quantitative estimate of drug-likeness (QED) is 0.246. The summed E-state index contributed by atoms with van der Waals surface area (Å²) < 4.78 is 11.4. The molecule has 0 radical (unpaired) electrons. The van der Waals surface area contributed by atoms with Crippen LogP contribution in [0.3, 0.4) is 0 Å². The highest BCUT2D eigenvalue weighted by atomic mass is 16.6. The molecule has 176 valence electrons. The lowest BCUT2D eigenvalue weighted by Crippen LogP contribution is -2.32. The average Bonchev–Trinajstić information content (AvgIpc) is 2.88. The van der Waals surface area contributed by atoms with Crippen LogP contribution in [0.15, 0.2) is 84.5 Å². The lowest BCUT2D eigenvalue weighted by atomic mass is 9.92. The maximum Gasteiger partial charge on any atom is 0.339 e. The van der Waals surface area contributed by atoms with Gasteiger partial charge in [-0.1, -0.05) is 93.7 Å². The van der Waals surface area contributed by atoms with E-state index in [1.54, 1.807) is 30.3 Å². The molecular formula is C30H33NO3. The van der Waals surface area contributed by atoms with E-state index < -0.39 is 11.6 Å². The molecule has 0 N–H and O–H groups in total. The fourth-order valence-electron chi connectivity index (χ4n) is 3.68. The number of rotatable bonds is 12. The normalized spacial score (nSPS) is 17.2. The second-order valence-corrected chi connectivity index (χ2v) is 8.52. The molecule has 1 aliphatic carbocycles. The zero-order valence-corrected chi connectivity index (χ0v) is 19.9. The van der Waals surface area contributed by atoms with Crippen LogP contribution < -0.4 is 4.74 Å². The van der Waals surface area contributed by atoms with Gasteiger partial charge in [0.1, 0.15) is 11.8 Å². The van der Waals surface area contributed by atoms with Gasteiger partial charge in [0.15, 0.2) is 0 Å².